The Hall–Kier alpha value is -1.86. The molecule has 4 atom stereocenters. The molecule has 152 valence electrons. The van der Waals surface area contributed by atoms with Crippen LogP contribution in [0.25, 0.3) is 10.9 Å². The van der Waals surface area contributed by atoms with E-state index in [1.165, 1.54) is 16.5 Å². The third-order valence-corrected chi connectivity index (χ3v) is 7.38. The number of benzene rings is 1. The van der Waals surface area contributed by atoms with E-state index in [0.717, 1.165) is 29.8 Å². The number of fused-ring (bicyclic) bond motifs is 2. The van der Waals surface area contributed by atoms with E-state index in [2.05, 4.69) is 34.5 Å². The topological polar surface area (TPSA) is 68.4 Å². The number of amides is 2. The molecular formula is C21H30N4O2S. The van der Waals surface area contributed by atoms with Gasteiger partial charge in [0.15, 0.2) is 0 Å². The highest BCUT2D eigenvalue weighted by molar-refractivity contribution is 7.84. The average molecular weight is 403 g/mol. The van der Waals surface area contributed by atoms with E-state index >= 15 is 0 Å². The Morgan fingerprint density at radius 1 is 1.36 bits per heavy atom. The summed E-state index contributed by atoms with van der Waals surface area (Å²) in [6.07, 6.45) is 5.77. The van der Waals surface area contributed by atoms with Crippen molar-refractivity contribution in [2.24, 2.45) is 0 Å². The van der Waals surface area contributed by atoms with Crippen molar-refractivity contribution < 1.29 is 9.00 Å². The second-order valence-electron chi connectivity index (χ2n) is 8.08. The first-order valence-electron chi connectivity index (χ1n) is 10.2. The number of carbonyl (C=O) groups excluding carboxylic acids is 1. The highest BCUT2D eigenvalue weighted by Gasteiger charge is 2.40. The van der Waals surface area contributed by atoms with Crippen LogP contribution >= 0.6 is 0 Å². The predicted octanol–water partition coefficient (Wildman–Crippen LogP) is 2.67. The zero-order chi connectivity index (χ0) is 20.0. The first-order valence-corrected chi connectivity index (χ1v) is 11.7. The van der Waals surface area contributed by atoms with Crippen LogP contribution in [0.5, 0.6) is 0 Å². The second kappa shape index (κ2) is 7.52. The monoisotopic (exact) mass is 402 g/mol. The summed E-state index contributed by atoms with van der Waals surface area (Å²) in [5.41, 5.74) is 3.70. The molecule has 0 saturated carbocycles. The first kappa shape index (κ1) is 19.5. The molecule has 1 aromatic heterocycles. The van der Waals surface area contributed by atoms with Gasteiger partial charge in [0.05, 0.1) is 0 Å². The molecule has 1 aliphatic carbocycles. The molecule has 0 bridgehead atoms. The molecule has 1 aliphatic heterocycles. The number of carbonyl (C=O) groups is 1. The van der Waals surface area contributed by atoms with Gasteiger partial charge in [0.1, 0.15) is 0 Å². The van der Waals surface area contributed by atoms with Gasteiger partial charge in [-0.3, -0.25) is 4.21 Å². The van der Waals surface area contributed by atoms with Crippen LogP contribution < -0.4 is 5.32 Å². The van der Waals surface area contributed by atoms with Crippen LogP contribution in [0.1, 0.15) is 37.3 Å². The standard InChI is InChI=1S/C21H30N4O2S/c1-5-25(6-2)21(26)23-14-8-16-17-9-15(28(4)27)10-18-20(17)13(11-22-18)7-19(16)24(3)12-14/h9-11,14,16,19,22H,5-8,12H2,1-4H3,(H,23,26)/t14-,16+,19+,28?/m0/s1. The fourth-order valence-corrected chi connectivity index (χ4v) is 5.61. The molecule has 7 heteroatoms. The number of aromatic nitrogens is 1. The van der Waals surface area contributed by atoms with Gasteiger partial charge in [-0.1, -0.05) is 0 Å². The minimum Gasteiger partial charge on any atom is -0.361 e. The highest BCUT2D eigenvalue weighted by Crippen LogP contribution is 2.43. The molecule has 6 nitrogen and oxygen atoms in total. The first-order chi connectivity index (χ1) is 13.4. The van der Waals surface area contributed by atoms with Crippen molar-refractivity contribution in [1.29, 1.82) is 0 Å². The van der Waals surface area contributed by atoms with E-state index in [0.29, 0.717) is 25.0 Å². The molecule has 1 aromatic carbocycles. The van der Waals surface area contributed by atoms with Crippen molar-refractivity contribution in [1.82, 2.24) is 20.1 Å². The van der Waals surface area contributed by atoms with E-state index in [9.17, 15) is 9.00 Å². The summed E-state index contributed by atoms with van der Waals surface area (Å²) in [6, 6.07) is 4.70. The summed E-state index contributed by atoms with van der Waals surface area (Å²) < 4.78 is 12.2. The molecule has 28 heavy (non-hydrogen) atoms. The lowest BCUT2D eigenvalue weighted by Gasteiger charge is -2.46. The lowest BCUT2D eigenvalue weighted by atomic mass is 9.74. The number of aromatic amines is 1. The quantitative estimate of drug-likeness (QED) is 0.826. The smallest absolute Gasteiger partial charge is 0.317 e. The molecular weight excluding hydrogens is 372 g/mol. The van der Waals surface area contributed by atoms with Crippen molar-refractivity contribution in [2.45, 2.75) is 49.6 Å². The van der Waals surface area contributed by atoms with Crippen LogP contribution in [0.4, 0.5) is 4.79 Å². The molecule has 2 aromatic rings. The number of rotatable bonds is 4. The summed E-state index contributed by atoms with van der Waals surface area (Å²) in [4.78, 5) is 21.1. The molecule has 1 fully saturated rings. The molecule has 2 amide bonds. The Morgan fingerprint density at radius 2 is 2.11 bits per heavy atom. The fraction of sp³-hybridized carbons (Fsp3) is 0.571. The number of hydrogen-bond acceptors (Lipinski definition) is 3. The third kappa shape index (κ3) is 3.24. The number of likely N-dealkylation sites (N-methyl/N-ethyl adjacent to an activating group) is 1. The number of nitrogens with zero attached hydrogens (tertiary/aromatic N) is 2. The number of piperidine rings is 1. The number of hydrogen-bond donors (Lipinski definition) is 2. The molecule has 2 aliphatic rings. The van der Waals surface area contributed by atoms with E-state index in [1.54, 1.807) is 6.26 Å². The Kier molecular flexibility index (Phi) is 5.22. The van der Waals surface area contributed by atoms with Crippen LogP contribution in [0.3, 0.4) is 0 Å². The van der Waals surface area contributed by atoms with Gasteiger partial charge in [-0.15, -0.1) is 0 Å². The fourth-order valence-electron chi connectivity index (χ4n) is 5.03. The maximum Gasteiger partial charge on any atom is 0.317 e. The molecule has 0 radical (unpaired) electrons. The summed E-state index contributed by atoms with van der Waals surface area (Å²) >= 11 is 0. The zero-order valence-corrected chi connectivity index (χ0v) is 17.9. The lowest BCUT2D eigenvalue weighted by Crippen LogP contribution is -2.56. The number of H-pyrrole nitrogens is 1. The number of nitrogens with one attached hydrogen (secondary N) is 2. The van der Waals surface area contributed by atoms with E-state index < -0.39 is 10.8 Å². The SMILES string of the molecule is CCN(CC)C(=O)N[C@H]1C[C@@H]2c3cc(S(C)=O)cc4[nH]cc(c34)C[C@H]2N(C)C1. The zero-order valence-electron chi connectivity index (χ0n) is 17.1. The van der Waals surface area contributed by atoms with Crippen LogP contribution in [0.15, 0.2) is 23.2 Å². The van der Waals surface area contributed by atoms with Crippen molar-refractivity contribution in [2.75, 3.05) is 32.9 Å². The van der Waals surface area contributed by atoms with Gasteiger partial charge in [0.25, 0.3) is 0 Å². The molecule has 1 unspecified atom stereocenters. The van der Waals surface area contributed by atoms with E-state index in [1.807, 2.05) is 24.8 Å². The van der Waals surface area contributed by atoms with Crippen LogP contribution in [0.2, 0.25) is 0 Å². The Bertz CT molecular complexity index is 921. The van der Waals surface area contributed by atoms with Gasteiger partial charge in [-0.25, -0.2) is 4.79 Å². The van der Waals surface area contributed by atoms with Gasteiger partial charge in [-0.05, 0) is 57.0 Å². The highest BCUT2D eigenvalue weighted by atomic mass is 32.2. The van der Waals surface area contributed by atoms with Crippen molar-refractivity contribution in [3.05, 3.63) is 29.5 Å². The molecule has 1 saturated heterocycles. The van der Waals surface area contributed by atoms with Crippen molar-refractivity contribution >= 4 is 27.7 Å². The van der Waals surface area contributed by atoms with Crippen molar-refractivity contribution in [3.63, 3.8) is 0 Å². The lowest BCUT2D eigenvalue weighted by molar-refractivity contribution is 0.124. The van der Waals surface area contributed by atoms with E-state index in [4.69, 9.17) is 0 Å². The van der Waals surface area contributed by atoms with E-state index in [-0.39, 0.29) is 12.1 Å². The number of likely N-dealkylation sites (tertiary alicyclic amines) is 1. The minimum atomic E-state index is -1.02. The largest absolute Gasteiger partial charge is 0.361 e. The summed E-state index contributed by atoms with van der Waals surface area (Å²) in [7, 11) is 1.14. The maximum absolute atomic E-state index is 12.6. The molecule has 0 spiro atoms. The van der Waals surface area contributed by atoms with Crippen LogP contribution in [0, 0.1) is 0 Å². The van der Waals surface area contributed by atoms with Gasteiger partial charge >= 0.3 is 6.03 Å². The maximum atomic E-state index is 12.6. The molecule has 2 N–H and O–H groups in total. The van der Waals surface area contributed by atoms with Gasteiger partial charge in [-0.2, -0.15) is 0 Å². The average Bonchev–Trinajstić information content (AvgIpc) is 3.07. The summed E-state index contributed by atoms with van der Waals surface area (Å²) in [6.45, 7) is 6.31. The minimum absolute atomic E-state index is 0.0218. The second-order valence-corrected chi connectivity index (χ2v) is 9.45. The molecule has 2 heterocycles. The molecule has 4 rings (SSSR count). The predicted molar refractivity (Wildman–Crippen MR) is 113 cm³/mol. The van der Waals surface area contributed by atoms with Gasteiger partial charge in [0.2, 0.25) is 0 Å². The Morgan fingerprint density at radius 3 is 2.79 bits per heavy atom. The summed E-state index contributed by atoms with van der Waals surface area (Å²) in [5, 5.41) is 4.54. The normalized spacial score (nSPS) is 25.4. The van der Waals surface area contributed by atoms with Crippen molar-refractivity contribution in [3.8, 4) is 0 Å². The van der Waals surface area contributed by atoms with Crippen LogP contribution in [-0.2, 0) is 17.2 Å². The number of urea groups is 1. The van der Waals surface area contributed by atoms with Crippen LogP contribution in [-0.4, -0.2) is 70.0 Å². The summed E-state index contributed by atoms with van der Waals surface area (Å²) in [5.74, 6) is 0.329. The Balaban J connectivity index is 1.67. The van der Waals surface area contributed by atoms with Gasteiger partial charge < -0.3 is 20.1 Å². The van der Waals surface area contributed by atoms with Gasteiger partial charge in [0, 0.05) is 76.7 Å². The third-order valence-electron chi connectivity index (χ3n) is 6.48. The Labute approximate surface area is 169 Å².